The third-order valence-corrected chi connectivity index (χ3v) is 6.26. The van der Waals surface area contributed by atoms with Gasteiger partial charge >= 0.3 is 5.97 Å². The summed E-state index contributed by atoms with van der Waals surface area (Å²) in [7, 11) is 0. The van der Waals surface area contributed by atoms with Crippen molar-refractivity contribution in [1.82, 2.24) is 0 Å². The number of carbonyl (C=O) groups is 1. The SMILES string of the molecule is O=C(O)C[C@H](CCCCC/C=C\CCC1CCCCC1)CCc1ccccc1. The molecule has 0 radical (unpaired) electrons. The Hall–Kier alpha value is -1.57. The number of hydrogen-bond acceptors (Lipinski definition) is 1. The molecule has 0 saturated heterocycles. The molecule has 2 nitrogen and oxygen atoms in total. The first-order valence-corrected chi connectivity index (χ1v) is 11.6. The van der Waals surface area contributed by atoms with Gasteiger partial charge in [0.25, 0.3) is 0 Å². The number of rotatable bonds is 14. The predicted octanol–water partition coefficient (Wildman–Crippen LogP) is 7.58. The largest absolute Gasteiger partial charge is 0.481 e. The molecule has 1 aliphatic rings. The summed E-state index contributed by atoms with van der Waals surface area (Å²) in [6, 6.07) is 10.4. The molecule has 0 spiro atoms. The van der Waals surface area contributed by atoms with E-state index in [-0.39, 0.29) is 0 Å². The molecule has 0 bridgehead atoms. The Morgan fingerprint density at radius 1 is 0.964 bits per heavy atom. The van der Waals surface area contributed by atoms with Crippen LogP contribution in [-0.2, 0) is 11.2 Å². The van der Waals surface area contributed by atoms with Crippen molar-refractivity contribution in [2.75, 3.05) is 0 Å². The summed E-state index contributed by atoms with van der Waals surface area (Å²) in [5.41, 5.74) is 1.32. The fourth-order valence-corrected chi connectivity index (χ4v) is 4.53. The molecule has 28 heavy (non-hydrogen) atoms. The van der Waals surface area contributed by atoms with Crippen molar-refractivity contribution in [3.8, 4) is 0 Å². The van der Waals surface area contributed by atoms with Gasteiger partial charge in [0, 0.05) is 6.42 Å². The zero-order valence-electron chi connectivity index (χ0n) is 17.7. The zero-order valence-corrected chi connectivity index (χ0v) is 17.7. The molecule has 0 aromatic heterocycles. The molecule has 1 atom stereocenters. The average molecular weight is 385 g/mol. The van der Waals surface area contributed by atoms with Gasteiger partial charge < -0.3 is 5.11 Å². The van der Waals surface area contributed by atoms with E-state index in [0.717, 1.165) is 31.6 Å². The van der Waals surface area contributed by atoms with Crippen LogP contribution in [0.3, 0.4) is 0 Å². The van der Waals surface area contributed by atoms with E-state index < -0.39 is 5.97 Å². The van der Waals surface area contributed by atoms with Gasteiger partial charge in [0.15, 0.2) is 0 Å². The van der Waals surface area contributed by atoms with Crippen LogP contribution in [0.1, 0.15) is 95.5 Å². The highest BCUT2D eigenvalue weighted by Crippen LogP contribution is 2.27. The molecular formula is C26H40O2. The number of benzene rings is 1. The molecule has 0 aliphatic heterocycles. The lowest BCUT2D eigenvalue weighted by Gasteiger charge is -2.20. The molecule has 0 amide bonds. The number of carboxylic acid groups (broad SMARTS) is 1. The summed E-state index contributed by atoms with van der Waals surface area (Å²) in [6.07, 6.45) is 22.8. The lowest BCUT2D eigenvalue weighted by atomic mass is 9.86. The fraction of sp³-hybridized carbons (Fsp3) is 0.654. The average Bonchev–Trinajstić information content (AvgIpc) is 2.71. The van der Waals surface area contributed by atoms with Crippen LogP contribution < -0.4 is 0 Å². The first-order valence-electron chi connectivity index (χ1n) is 11.6. The molecule has 2 heteroatoms. The molecule has 156 valence electrons. The molecular weight excluding hydrogens is 344 g/mol. The maximum absolute atomic E-state index is 11.2. The number of allylic oxidation sites excluding steroid dienone is 2. The molecule has 0 heterocycles. The Bertz CT molecular complexity index is 543. The van der Waals surface area contributed by atoms with Crippen LogP contribution in [-0.4, -0.2) is 11.1 Å². The third kappa shape index (κ3) is 10.7. The standard InChI is InChI=1S/C26H40O2/c27-26(28)22-25(21-20-24-17-12-7-13-18-24)19-9-5-3-1-2-4-8-14-23-15-10-6-11-16-23/h2,4,7,12-13,17-18,23,25H,1,3,5-6,8-11,14-16,19-22H2,(H,27,28)/b4-2-/t25-/m1/s1. The summed E-state index contributed by atoms with van der Waals surface area (Å²) < 4.78 is 0. The van der Waals surface area contributed by atoms with Crippen molar-refractivity contribution in [1.29, 1.82) is 0 Å². The van der Waals surface area contributed by atoms with Gasteiger partial charge in [-0.1, -0.05) is 87.4 Å². The van der Waals surface area contributed by atoms with E-state index in [1.165, 1.54) is 69.8 Å². The van der Waals surface area contributed by atoms with Crippen LogP contribution in [0.15, 0.2) is 42.5 Å². The number of carboxylic acids is 1. The van der Waals surface area contributed by atoms with Gasteiger partial charge in [-0.2, -0.15) is 0 Å². The van der Waals surface area contributed by atoms with Gasteiger partial charge in [0.05, 0.1) is 0 Å². The van der Waals surface area contributed by atoms with Crippen molar-refractivity contribution < 1.29 is 9.90 Å². The van der Waals surface area contributed by atoms with Crippen LogP contribution in [0, 0.1) is 11.8 Å². The van der Waals surface area contributed by atoms with E-state index in [4.69, 9.17) is 0 Å². The normalized spacial score (nSPS) is 16.4. The Morgan fingerprint density at radius 2 is 1.71 bits per heavy atom. The molecule has 1 fully saturated rings. The summed E-state index contributed by atoms with van der Waals surface area (Å²) in [5, 5.41) is 9.19. The zero-order chi connectivity index (χ0) is 19.9. The first-order chi connectivity index (χ1) is 13.7. The maximum Gasteiger partial charge on any atom is 0.303 e. The Balaban J connectivity index is 1.52. The molecule has 2 rings (SSSR count). The van der Waals surface area contributed by atoms with E-state index in [9.17, 15) is 9.90 Å². The van der Waals surface area contributed by atoms with E-state index in [1.54, 1.807) is 0 Å². The van der Waals surface area contributed by atoms with Gasteiger partial charge in [-0.05, 0) is 62.3 Å². The van der Waals surface area contributed by atoms with Gasteiger partial charge in [-0.3, -0.25) is 4.79 Å². The molecule has 1 aromatic carbocycles. The van der Waals surface area contributed by atoms with Gasteiger partial charge in [-0.25, -0.2) is 0 Å². The summed E-state index contributed by atoms with van der Waals surface area (Å²) in [4.78, 5) is 11.2. The molecule has 1 aromatic rings. The quantitative estimate of drug-likeness (QED) is 0.265. The van der Waals surface area contributed by atoms with Crippen molar-refractivity contribution in [3.63, 3.8) is 0 Å². The van der Waals surface area contributed by atoms with Gasteiger partial charge in [0.1, 0.15) is 0 Å². The minimum absolute atomic E-state index is 0.309. The second kappa shape index (κ2) is 14.4. The highest BCUT2D eigenvalue weighted by Gasteiger charge is 2.13. The lowest BCUT2D eigenvalue weighted by Crippen LogP contribution is -2.09. The van der Waals surface area contributed by atoms with Gasteiger partial charge in [-0.15, -0.1) is 0 Å². The number of unbranched alkanes of at least 4 members (excludes halogenated alkanes) is 3. The topological polar surface area (TPSA) is 37.3 Å². The summed E-state index contributed by atoms with van der Waals surface area (Å²) in [5.74, 6) is 0.642. The van der Waals surface area contributed by atoms with Crippen molar-refractivity contribution in [2.24, 2.45) is 11.8 Å². The number of aliphatic carboxylic acids is 1. The molecule has 1 aliphatic carbocycles. The minimum Gasteiger partial charge on any atom is -0.481 e. The van der Waals surface area contributed by atoms with Crippen LogP contribution in [0.4, 0.5) is 0 Å². The molecule has 0 unspecified atom stereocenters. The lowest BCUT2D eigenvalue weighted by molar-refractivity contribution is -0.138. The number of aryl methyl sites for hydroxylation is 1. The van der Waals surface area contributed by atoms with E-state index in [0.29, 0.717) is 12.3 Å². The third-order valence-electron chi connectivity index (χ3n) is 6.26. The van der Waals surface area contributed by atoms with E-state index in [2.05, 4.69) is 36.4 Å². The summed E-state index contributed by atoms with van der Waals surface area (Å²) in [6.45, 7) is 0. The van der Waals surface area contributed by atoms with E-state index >= 15 is 0 Å². The van der Waals surface area contributed by atoms with E-state index in [1.807, 2.05) is 6.07 Å². The van der Waals surface area contributed by atoms with Crippen LogP contribution in [0.2, 0.25) is 0 Å². The Morgan fingerprint density at radius 3 is 2.46 bits per heavy atom. The number of hydrogen-bond donors (Lipinski definition) is 1. The Kier molecular flexibility index (Phi) is 11.7. The smallest absolute Gasteiger partial charge is 0.303 e. The minimum atomic E-state index is -0.654. The van der Waals surface area contributed by atoms with Gasteiger partial charge in [0.2, 0.25) is 0 Å². The van der Waals surface area contributed by atoms with Crippen LogP contribution in [0.5, 0.6) is 0 Å². The first kappa shape index (κ1) is 22.7. The molecule has 1 saturated carbocycles. The maximum atomic E-state index is 11.2. The highest BCUT2D eigenvalue weighted by molar-refractivity contribution is 5.67. The van der Waals surface area contributed by atoms with Crippen LogP contribution in [0.25, 0.3) is 0 Å². The highest BCUT2D eigenvalue weighted by atomic mass is 16.4. The van der Waals surface area contributed by atoms with Crippen molar-refractivity contribution in [3.05, 3.63) is 48.0 Å². The second-order valence-electron chi connectivity index (χ2n) is 8.68. The van der Waals surface area contributed by atoms with Crippen molar-refractivity contribution in [2.45, 2.75) is 96.3 Å². The van der Waals surface area contributed by atoms with Crippen molar-refractivity contribution >= 4 is 5.97 Å². The molecule has 1 N–H and O–H groups in total. The van der Waals surface area contributed by atoms with Crippen LogP contribution >= 0.6 is 0 Å². The second-order valence-corrected chi connectivity index (χ2v) is 8.68. The monoisotopic (exact) mass is 384 g/mol. The predicted molar refractivity (Wildman–Crippen MR) is 119 cm³/mol. The summed E-state index contributed by atoms with van der Waals surface area (Å²) >= 11 is 0. The Labute approximate surface area is 172 Å². The fourth-order valence-electron chi connectivity index (χ4n) is 4.53.